The van der Waals surface area contributed by atoms with Crippen LogP contribution in [-0.2, 0) is 0 Å². The highest BCUT2D eigenvalue weighted by atomic mass is 35.5. The number of ether oxygens (including phenoxy) is 2. The zero-order chi connectivity index (χ0) is 15.8. The summed E-state index contributed by atoms with van der Waals surface area (Å²) in [5.41, 5.74) is 0. The van der Waals surface area contributed by atoms with Crippen LogP contribution in [0.3, 0.4) is 0 Å². The minimum atomic E-state index is -0.508. The Hall–Kier alpha value is -0.760. The van der Waals surface area contributed by atoms with Crippen molar-refractivity contribution in [3.05, 3.63) is 24.3 Å². The van der Waals surface area contributed by atoms with Crippen LogP contribution in [0, 0.1) is 0 Å². The quantitative estimate of drug-likeness (QED) is 0.468. The van der Waals surface area contributed by atoms with Crippen LogP contribution in [0.4, 0.5) is 0 Å². The summed E-state index contributed by atoms with van der Waals surface area (Å²) in [6.07, 6.45) is -0.508. The topological polar surface area (TPSA) is 65.4 Å². The van der Waals surface area contributed by atoms with Crippen molar-refractivity contribution < 1.29 is 44.5 Å². The van der Waals surface area contributed by atoms with Crippen LogP contribution in [0.2, 0.25) is 0 Å². The average molecular weight is 381 g/mol. The van der Waals surface area contributed by atoms with Gasteiger partial charge in [-0.3, -0.25) is 9.80 Å². The van der Waals surface area contributed by atoms with Gasteiger partial charge in [-0.05, 0) is 24.3 Å². The molecule has 140 valence electrons. The molecule has 2 N–H and O–H groups in total. The fourth-order valence-electron chi connectivity index (χ4n) is 2.55. The predicted octanol–water partition coefficient (Wildman–Crippen LogP) is -5.95. The van der Waals surface area contributed by atoms with E-state index >= 15 is 0 Å². The number of halogens is 2. The van der Waals surface area contributed by atoms with E-state index in [9.17, 15) is 5.11 Å². The number of hydrogen-bond acceptors (Lipinski definition) is 6. The van der Waals surface area contributed by atoms with Crippen molar-refractivity contribution in [1.29, 1.82) is 0 Å². The maximum atomic E-state index is 10.1. The smallest absolute Gasteiger partial charge is 0.119 e. The van der Waals surface area contributed by atoms with E-state index in [1.807, 2.05) is 24.3 Å². The largest absolute Gasteiger partial charge is 1.00 e. The summed E-state index contributed by atoms with van der Waals surface area (Å²) in [6, 6.07) is 7.34. The third kappa shape index (κ3) is 7.88. The number of aliphatic hydroxyl groups excluding tert-OH is 2. The molecule has 0 amide bonds. The Morgan fingerprint density at radius 2 is 1.54 bits per heavy atom. The first-order valence-electron chi connectivity index (χ1n) is 7.71. The van der Waals surface area contributed by atoms with Crippen molar-refractivity contribution in [2.45, 2.75) is 6.10 Å². The molecule has 1 aromatic rings. The summed E-state index contributed by atoms with van der Waals surface area (Å²) < 4.78 is 10.7. The molecule has 0 saturated carbocycles. The highest BCUT2D eigenvalue weighted by Crippen LogP contribution is 2.17. The first-order valence-corrected chi connectivity index (χ1v) is 7.71. The van der Waals surface area contributed by atoms with Gasteiger partial charge >= 0.3 is 0 Å². The Balaban J connectivity index is 0.00000264. The van der Waals surface area contributed by atoms with E-state index in [4.69, 9.17) is 14.6 Å². The lowest BCUT2D eigenvalue weighted by atomic mass is 10.2. The van der Waals surface area contributed by atoms with Crippen molar-refractivity contribution in [3.63, 3.8) is 0 Å². The molecule has 1 saturated heterocycles. The zero-order valence-electron chi connectivity index (χ0n) is 13.9. The number of methoxy groups -OCH3 is 1. The number of β-amino-alcohol motifs (C(OH)–C–C–N with tert-alkyl or cyclic N) is 2. The first kappa shape index (κ1) is 23.2. The maximum absolute atomic E-state index is 10.1. The van der Waals surface area contributed by atoms with Crippen molar-refractivity contribution >= 4 is 0 Å². The molecular weight excluding hydrogens is 355 g/mol. The van der Waals surface area contributed by atoms with Crippen molar-refractivity contribution in [1.82, 2.24) is 9.80 Å². The van der Waals surface area contributed by atoms with Crippen molar-refractivity contribution in [2.75, 3.05) is 59.6 Å². The van der Waals surface area contributed by atoms with Gasteiger partial charge in [0.2, 0.25) is 0 Å². The van der Waals surface area contributed by atoms with Gasteiger partial charge in [-0.2, -0.15) is 0 Å². The number of nitrogens with zero attached hydrogens (tertiary/aromatic N) is 2. The number of rotatable bonds is 8. The molecule has 0 aliphatic carbocycles. The van der Waals surface area contributed by atoms with E-state index in [2.05, 4.69) is 9.80 Å². The molecule has 1 fully saturated rings. The molecule has 1 aromatic carbocycles. The second-order valence-corrected chi connectivity index (χ2v) is 5.51. The summed E-state index contributed by atoms with van der Waals surface area (Å²) in [5, 5.41) is 19.0. The Morgan fingerprint density at radius 1 is 1.00 bits per heavy atom. The molecule has 2 rings (SSSR count). The molecule has 0 aromatic heterocycles. The second kappa shape index (κ2) is 12.6. The molecule has 1 aliphatic rings. The number of aliphatic hydroxyl groups is 2. The van der Waals surface area contributed by atoms with Crippen LogP contribution >= 0.6 is 0 Å². The fourth-order valence-corrected chi connectivity index (χ4v) is 2.55. The number of hydrogen-bond donors (Lipinski definition) is 2. The third-order valence-electron chi connectivity index (χ3n) is 3.85. The molecule has 24 heavy (non-hydrogen) atoms. The molecule has 8 heteroatoms. The van der Waals surface area contributed by atoms with Gasteiger partial charge < -0.3 is 44.5 Å². The van der Waals surface area contributed by atoms with Gasteiger partial charge in [0.1, 0.15) is 24.2 Å². The zero-order valence-corrected chi connectivity index (χ0v) is 15.4. The van der Waals surface area contributed by atoms with E-state index in [1.165, 1.54) is 0 Å². The molecule has 0 spiro atoms. The maximum Gasteiger partial charge on any atom is 0.119 e. The van der Waals surface area contributed by atoms with Crippen molar-refractivity contribution in [2.24, 2.45) is 0 Å². The van der Waals surface area contributed by atoms with E-state index in [0.29, 0.717) is 6.54 Å². The predicted molar refractivity (Wildman–Crippen MR) is 84.5 cm³/mol. The highest BCUT2D eigenvalue weighted by molar-refractivity contribution is 5.31. The van der Waals surface area contributed by atoms with E-state index < -0.39 is 6.10 Å². The van der Waals surface area contributed by atoms with Crippen LogP contribution in [0.5, 0.6) is 11.5 Å². The lowest BCUT2D eigenvalue weighted by Crippen LogP contribution is -3.00. The Morgan fingerprint density at radius 3 is 2.08 bits per heavy atom. The van der Waals surface area contributed by atoms with Gasteiger partial charge in [-0.1, -0.05) is 0 Å². The van der Waals surface area contributed by atoms with Crippen LogP contribution in [0.15, 0.2) is 24.3 Å². The standard InChI is InChI=1S/C16H26N2O4.2ClH/c1-21-15-2-4-16(5-3-15)22-13-14(20)12-18-8-6-17(7-9-18)10-11-19;;/h2-5,14,19-20H,6-13H2,1H3;2*1H/p-2. The highest BCUT2D eigenvalue weighted by Gasteiger charge is 2.19. The van der Waals surface area contributed by atoms with E-state index in [0.717, 1.165) is 44.2 Å². The molecule has 1 atom stereocenters. The minimum Gasteiger partial charge on any atom is -1.00 e. The summed E-state index contributed by atoms with van der Waals surface area (Å²) in [5.74, 6) is 1.52. The Kier molecular flexibility index (Phi) is 12.2. The van der Waals surface area contributed by atoms with Gasteiger partial charge in [-0.15, -0.1) is 0 Å². The lowest BCUT2D eigenvalue weighted by molar-refractivity contribution is -0.001000. The van der Waals surface area contributed by atoms with Gasteiger partial charge in [0.05, 0.1) is 13.7 Å². The third-order valence-corrected chi connectivity index (χ3v) is 3.85. The SMILES string of the molecule is COc1ccc(OCC(O)CN2CCN(CCO)CC2)cc1.[Cl-].[Cl-]. The average Bonchev–Trinajstić information content (AvgIpc) is 2.55. The summed E-state index contributed by atoms with van der Waals surface area (Å²) in [7, 11) is 1.62. The van der Waals surface area contributed by atoms with E-state index in [-0.39, 0.29) is 38.0 Å². The summed E-state index contributed by atoms with van der Waals surface area (Å²) in [4.78, 5) is 4.46. The van der Waals surface area contributed by atoms with Crippen LogP contribution in [0.1, 0.15) is 0 Å². The lowest BCUT2D eigenvalue weighted by Gasteiger charge is -2.35. The van der Waals surface area contributed by atoms with Gasteiger partial charge in [0.15, 0.2) is 0 Å². The molecule has 1 aliphatic heterocycles. The number of benzene rings is 1. The van der Waals surface area contributed by atoms with Crippen LogP contribution < -0.4 is 34.3 Å². The molecular formula is C16H26Cl2N2O4-2. The van der Waals surface area contributed by atoms with Crippen LogP contribution in [-0.4, -0.2) is 85.7 Å². The van der Waals surface area contributed by atoms with Gasteiger partial charge in [0.25, 0.3) is 0 Å². The van der Waals surface area contributed by atoms with Gasteiger partial charge in [-0.25, -0.2) is 0 Å². The van der Waals surface area contributed by atoms with Crippen molar-refractivity contribution in [3.8, 4) is 11.5 Å². The minimum absolute atomic E-state index is 0. The summed E-state index contributed by atoms with van der Waals surface area (Å²) >= 11 is 0. The first-order chi connectivity index (χ1) is 10.7. The molecule has 0 radical (unpaired) electrons. The molecule has 1 heterocycles. The Bertz CT molecular complexity index is 429. The summed E-state index contributed by atoms with van der Waals surface area (Å²) in [6.45, 7) is 5.54. The van der Waals surface area contributed by atoms with E-state index in [1.54, 1.807) is 7.11 Å². The fraction of sp³-hybridized carbons (Fsp3) is 0.625. The monoisotopic (exact) mass is 380 g/mol. The molecule has 0 bridgehead atoms. The van der Waals surface area contributed by atoms with Gasteiger partial charge in [0, 0.05) is 39.3 Å². The Labute approximate surface area is 156 Å². The number of piperazine rings is 1. The normalized spacial score (nSPS) is 16.6. The van der Waals surface area contributed by atoms with Crippen LogP contribution in [0.25, 0.3) is 0 Å². The molecule has 1 unspecified atom stereocenters. The second-order valence-electron chi connectivity index (χ2n) is 5.51. The molecule has 6 nitrogen and oxygen atoms in total.